The fraction of sp³-hybridized carbons (Fsp3) is 0.0952. The molecule has 0 atom stereocenters. The van der Waals surface area contributed by atoms with Gasteiger partial charge in [-0.25, -0.2) is 0 Å². The van der Waals surface area contributed by atoms with Crippen molar-refractivity contribution < 1.29 is 0 Å². The first kappa shape index (κ1) is 13.8. The predicted molar refractivity (Wildman–Crippen MR) is 94.9 cm³/mol. The summed E-state index contributed by atoms with van der Waals surface area (Å²) >= 11 is 0. The highest BCUT2D eigenvalue weighted by Gasteiger charge is 2.13. The van der Waals surface area contributed by atoms with Gasteiger partial charge < -0.3 is 0 Å². The van der Waals surface area contributed by atoms with Gasteiger partial charge in [0.1, 0.15) is 0 Å². The van der Waals surface area contributed by atoms with Crippen LogP contribution in [0.15, 0.2) is 85.0 Å². The van der Waals surface area contributed by atoms with Crippen molar-refractivity contribution in [1.82, 2.24) is 9.78 Å². The number of aromatic nitrogens is 2. The Bertz CT molecular complexity index is 855. The van der Waals surface area contributed by atoms with E-state index in [-0.39, 0.29) is 0 Å². The Morgan fingerprint density at radius 3 is 2.35 bits per heavy atom. The van der Waals surface area contributed by atoms with Crippen LogP contribution in [0.1, 0.15) is 17.7 Å². The third kappa shape index (κ3) is 2.88. The summed E-state index contributed by atoms with van der Waals surface area (Å²) in [5.41, 5.74) is 5.99. The number of rotatable bonds is 4. The SMILES string of the molecule is C1=CCC(c2cc(-c3ccccc3)n(Cc3ccccc3)n2)=C1. The first-order valence-corrected chi connectivity index (χ1v) is 7.93. The molecule has 4 rings (SSSR count). The van der Waals surface area contributed by atoms with Gasteiger partial charge in [0, 0.05) is 0 Å². The molecule has 0 unspecified atom stereocenters. The van der Waals surface area contributed by atoms with Crippen LogP contribution in [-0.4, -0.2) is 9.78 Å². The monoisotopic (exact) mass is 298 g/mol. The summed E-state index contributed by atoms with van der Waals surface area (Å²) in [6.07, 6.45) is 7.40. The van der Waals surface area contributed by atoms with Gasteiger partial charge in [-0.2, -0.15) is 5.10 Å². The van der Waals surface area contributed by atoms with Crippen LogP contribution in [0.25, 0.3) is 16.8 Å². The van der Waals surface area contributed by atoms with Crippen LogP contribution in [0, 0.1) is 0 Å². The second-order valence-corrected chi connectivity index (χ2v) is 5.75. The van der Waals surface area contributed by atoms with E-state index in [2.05, 4.69) is 77.5 Å². The van der Waals surface area contributed by atoms with E-state index in [1.165, 1.54) is 16.7 Å². The van der Waals surface area contributed by atoms with Crippen LogP contribution in [0.4, 0.5) is 0 Å². The maximum Gasteiger partial charge on any atom is 0.0892 e. The number of hydrogen-bond donors (Lipinski definition) is 0. The molecule has 0 saturated carbocycles. The Labute approximate surface area is 136 Å². The van der Waals surface area contributed by atoms with E-state index in [1.807, 2.05) is 12.1 Å². The lowest BCUT2D eigenvalue weighted by atomic mass is 10.1. The molecule has 1 aromatic heterocycles. The zero-order chi connectivity index (χ0) is 15.5. The summed E-state index contributed by atoms with van der Waals surface area (Å²) in [6.45, 7) is 0.784. The molecule has 0 saturated heterocycles. The third-order valence-corrected chi connectivity index (χ3v) is 4.12. The van der Waals surface area contributed by atoms with Gasteiger partial charge in [-0.3, -0.25) is 4.68 Å². The Morgan fingerprint density at radius 1 is 0.913 bits per heavy atom. The maximum absolute atomic E-state index is 4.87. The molecule has 0 bridgehead atoms. The molecule has 0 N–H and O–H groups in total. The van der Waals surface area contributed by atoms with E-state index < -0.39 is 0 Å². The van der Waals surface area contributed by atoms with Gasteiger partial charge in [-0.1, -0.05) is 78.9 Å². The smallest absolute Gasteiger partial charge is 0.0892 e. The lowest BCUT2D eigenvalue weighted by Crippen LogP contribution is -2.04. The Balaban J connectivity index is 1.76. The van der Waals surface area contributed by atoms with Gasteiger partial charge in [-0.15, -0.1) is 0 Å². The zero-order valence-corrected chi connectivity index (χ0v) is 12.9. The molecule has 1 heterocycles. The van der Waals surface area contributed by atoms with Crippen molar-refractivity contribution >= 4 is 5.57 Å². The van der Waals surface area contributed by atoms with Crippen molar-refractivity contribution in [2.24, 2.45) is 0 Å². The van der Waals surface area contributed by atoms with E-state index in [0.29, 0.717) is 0 Å². The zero-order valence-electron chi connectivity index (χ0n) is 12.9. The fourth-order valence-electron chi connectivity index (χ4n) is 2.93. The minimum Gasteiger partial charge on any atom is -0.260 e. The van der Waals surface area contributed by atoms with Crippen LogP contribution < -0.4 is 0 Å². The average Bonchev–Trinajstić information content (AvgIpc) is 3.26. The molecule has 1 aliphatic carbocycles. The summed E-state index contributed by atoms with van der Waals surface area (Å²) in [5, 5.41) is 4.87. The predicted octanol–water partition coefficient (Wildman–Crippen LogP) is 4.94. The highest BCUT2D eigenvalue weighted by atomic mass is 15.3. The van der Waals surface area contributed by atoms with Crippen molar-refractivity contribution in [1.29, 1.82) is 0 Å². The highest BCUT2D eigenvalue weighted by molar-refractivity contribution is 5.72. The largest absolute Gasteiger partial charge is 0.260 e. The molecule has 0 radical (unpaired) electrons. The third-order valence-electron chi connectivity index (χ3n) is 4.12. The summed E-state index contributed by atoms with van der Waals surface area (Å²) in [4.78, 5) is 0. The molecule has 23 heavy (non-hydrogen) atoms. The summed E-state index contributed by atoms with van der Waals surface area (Å²) in [7, 11) is 0. The first-order valence-electron chi connectivity index (χ1n) is 7.93. The van der Waals surface area contributed by atoms with Gasteiger partial charge in [0.15, 0.2) is 0 Å². The molecule has 2 aromatic carbocycles. The lowest BCUT2D eigenvalue weighted by molar-refractivity contribution is 0.691. The number of benzene rings is 2. The first-order chi connectivity index (χ1) is 11.4. The van der Waals surface area contributed by atoms with Crippen LogP contribution in [0.2, 0.25) is 0 Å². The van der Waals surface area contributed by atoms with E-state index in [0.717, 1.165) is 24.4 Å². The normalized spacial score (nSPS) is 13.3. The van der Waals surface area contributed by atoms with Crippen molar-refractivity contribution in [3.63, 3.8) is 0 Å². The van der Waals surface area contributed by atoms with Crippen LogP contribution in [0.5, 0.6) is 0 Å². The maximum atomic E-state index is 4.87. The minimum absolute atomic E-state index is 0.784. The average molecular weight is 298 g/mol. The molecular weight excluding hydrogens is 280 g/mol. The van der Waals surface area contributed by atoms with Crippen LogP contribution in [-0.2, 0) is 6.54 Å². The van der Waals surface area contributed by atoms with Gasteiger partial charge in [0.2, 0.25) is 0 Å². The summed E-state index contributed by atoms with van der Waals surface area (Å²) < 4.78 is 2.11. The molecule has 3 aromatic rings. The van der Waals surface area contributed by atoms with E-state index in [1.54, 1.807) is 0 Å². The Kier molecular flexibility index (Phi) is 3.65. The van der Waals surface area contributed by atoms with Crippen molar-refractivity contribution in [2.75, 3.05) is 0 Å². The van der Waals surface area contributed by atoms with E-state index >= 15 is 0 Å². The van der Waals surface area contributed by atoms with Gasteiger partial charge >= 0.3 is 0 Å². The van der Waals surface area contributed by atoms with Gasteiger partial charge in [0.25, 0.3) is 0 Å². The van der Waals surface area contributed by atoms with E-state index in [9.17, 15) is 0 Å². The van der Waals surface area contributed by atoms with Crippen molar-refractivity contribution in [2.45, 2.75) is 13.0 Å². The lowest BCUT2D eigenvalue weighted by Gasteiger charge is -2.07. The Hall–Kier alpha value is -2.87. The minimum atomic E-state index is 0.784. The van der Waals surface area contributed by atoms with E-state index in [4.69, 9.17) is 5.10 Å². The number of allylic oxidation sites excluding steroid dienone is 4. The summed E-state index contributed by atoms with van der Waals surface area (Å²) in [6, 6.07) is 23.2. The van der Waals surface area contributed by atoms with Gasteiger partial charge in [0.05, 0.1) is 17.9 Å². The number of nitrogens with zero attached hydrogens (tertiary/aromatic N) is 2. The van der Waals surface area contributed by atoms with Crippen LogP contribution >= 0.6 is 0 Å². The molecule has 0 fully saturated rings. The second-order valence-electron chi connectivity index (χ2n) is 5.75. The molecule has 0 spiro atoms. The van der Waals surface area contributed by atoms with Gasteiger partial charge in [-0.05, 0) is 29.2 Å². The molecule has 1 aliphatic rings. The second kappa shape index (κ2) is 6.09. The van der Waals surface area contributed by atoms with Crippen LogP contribution in [0.3, 0.4) is 0 Å². The quantitative estimate of drug-likeness (QED) is 0.667. The molecular formula is C21H18N2. The number of hydrogen-bond acceptors (Lipinski definition) is 1. The summed E-state index contributed by atoms with van der Waals surface area (Å²) in [5.74, 6) is 0. The molecule has 2 nitrogen and oxygen atoms in total. The Morgan fingerprint density at radius 2 is 1.65 bits per heavy atom. The highest BCUT2D eigenvalue weighted by Crippen LogP contribution is 2.28. The standard InChI is InChI=1S/C21H18N2/c1-3-9-17(10-4-1)16-23-21(19-13-5-2-6-14-19)15-20(22-23)18-11-7-8-12-18/h1-11,13-15H,12,16H2. The topological polar surface area (TPSA) is 17.8 Å². The molecule has 112 valence electrons. The fourth-order valence-corrected chi connectivity index (χ4v) is 2.93. The molecule has 0 amide bonds. The van der Waals surface area contributed by atoms with Crippen molar-refractivity contribution in [3.05, 3.63) is 96.2 Å². The molecule has 0 aliphatic heterocycles. The van der Waals surface area contributed by atoms with Crippen molar-refractivity contribution in [3.8, 4) is 11.3 Å². The molecule has 2 heteroatoms.